The van der Waals surface area contributed by atoms with Gasteiger partial charge in [-0.2, -0.15) is 0 Å². The lowest BCUT2D eigenvalue weighted by Crippen LogP contribution is -2.69. The molecule has 58 heteroatoms. The second-order valence-corrected chi connectivity index (χ2v) is 38.8. The van der Waals surface area contributed by atoms with Gasteiger partial charge in [0, 0.05) is 38.8 Å². The molecule has 0 aromatic rings. The van der Waals surface area contributed by atoms with Crippen molar-refractivity contribution in [2.24, 2.45) is 5.92 Å². The maximum atomic E-state index is 11.9. The highest BCUT2D eigenvalue weighted by Gasteiger charge is 2.64. The third-order valence-electron chi connectivity index (χ3n) is 28.7. The van der Waals surface area contributed by atoms with Crippen molar-refractivity contribution in [3.8, 4) is 0 Å². The van der Waals surface area contributed by atoms with Gasteiger partial charge >= 0.3 is 0 Å². The van der Waals surface area contributed by atoms with Crippen LogP contribution in [0.25, 0.3) is 0 Å². The fraction of sp³-hybridized carbons (Fsp3) is 1.00. The Balaban J connectivity index is 0.000000226. The van der Waals surface area contributed by atoms with Crippen LogP contribution in [0.5, 0.6) is 0 Å². The van der Waals surface area contributed by atoms with Crippen LogP contribution < -0.4 is 0 Å². The van der Waals surface area contributed by atoms with E-state index >= 15 is 0 Å². The van der Waals surface area contributed by atoms with Crippen LogP contribution in [-0.2, 0) is 114 Å². The zero-order valence-corrected chi connectivity index (χ0v) is 78.1. The monoisotopic (exact) mass is 2080 g/mol. The van der Waals surface area contributed by atoms with Crippen LogP contribution in [0, 0.1) is 5.92 Å². The number of ether oxygens (including phenoxy) is 24. The number of aliphatic hydroxyl groups excluding tert-OH is 32. The molecular weight excluding hydrogens is 1930 g/mol. The minimum absolute atomic E-state index is 0.0147. The van der Waals surface area contributed by atoms with Gasteiger partial charge in [0.25, 0.3) is 0 Å². The molecule has 45 fully saturated rings. The van der Waals surface area contributed by atoms with E-state index in [1.807, 2.05) is 4.90 Å². The first kappa shape index (κ1) is 115. The quantitative estimate of drug-likeness (QED) is 0.0724. The predicted octanol–water partition coefficient (Wildman–Crippen LogP) is -20.2. The Morgan fingerprint density at radius 3 is 0.479 bits per heavy atom. The van der Waals surface area contributed by atoms with Crippen LogP contribution in [0.1, 0.15) is 60.8 Å². The van der Waals surface area contributed by atoms with E-state index < -0.39 is 421 Å². The van der Waals surface area contributed by atoms with E-state index in [0.29, 0.717) is 26.2 Å². The lowest BCUT2D eigenvalue weighted by atomic mass is 9.91. The summed E-state index contributed by atoms with van der Waals surface area (Å²) in [5.41, 5.74) is 0. The average molecular weight is 2080 g/mol. The molecule has 45 aliphatic heterocycles. The summed E-state index contributed by atoms with van der Waals surface area (Å²) in [5, 5.41) is 357. The fourth-order valence-electron chi connectivity index (χ4n) is 20.4. The normalized spacial score (nSPS) is 53.3. The molecular formula is C84H144N2O56. The summed E-state index contributed by atoms with van der Waals surface area (Å²) >= 11 is 0. The standard InChI is InChI=1S/C44H76N2O28.C40H68O28/c1-4-15-33-21(51)27(57)39(63-15)71-35-17(10-47)66-42(30(60)24(35)54)73-37-19(12-49)68-44(32(62)26(37)56)74-38-20(13-50)67-43(31(61)25(38)55)72-36-18(11-48)65-41(29(59)23(36)53)70-34-16(64-40(69-33)28(58)22(34)52)9-45-5-7-46(8-6-45)14(2)3;1-4-11-29-17(45)23(51)35(57-11)65-31-13(6-41)60-38(26(54)20(31)48)67-33-15(8-43)62-40(28(56)22(33)50)68-34-16(9-44)61-39(27(55)21(34)49)66-32-14(7-42)59-37(25(53)19(32)47)64-30-12(5-10(2)3)58-36(63-29)24(52)18(30)46/h14-44,47-62H,4-13H2,1-3H3;10-56H,4-9H2,1-3H3. The summed E-state index contributed by atoms with van der Waals surface area (Å²) in [4.78, 5) is 4.23. The van der Waals surface area contributed by atoms with Gasteiger partial charge in [0.1, 0.15) is 275 Å². The van der Waals surface area contributed by atoms with E-state index in [-0.39, 0.29) is 37.8 Å². The highest BCUT2D eigenvalue weighted by molar-refractivity contribution is 5.06. The molecule has 0 spiro atoms. The van der Waals surface area contributed by atoms with Gasteiger partial charge in [-0.25, -0.2) is 0 Å². The Morgan fingerprint density at radius 2 is 0.324 bits per heavy atom. The van der Waals surface area contributed by atoms with E-state index in [9.17, 15) is 163 Å². The van der Waals surface area contributed by atoms with E-state index in [0.717, 1.165) is 0 Å². The maximum Gasteiger partial charge on any atom is 0.187 e. The third-order valence-corrected chi connectivity index (χ3v) is 28.7. The molecule has 45 heterocycles. The van der Waals surface area contributed by atoms with Crippen LogP contribution in [0.2, 0.25) is 0 Å². The Hall–Kier alpha value is -2.32. The number of piperazine rings is 1. The first-order valence-corrected chi connectivity index (χ1v) is 47.9. The highest BCUT2D eigenvalue weighted by atomic mass is 16.8. The van der Waals surface area contributed by atoms with Gasteiger partial charge in [-0.15, -0.1) is 0 Å². The van der Waals surface area contributed by atoms with Crippen molar-refractivity contribution in [2.75, 3.05) is 85.6 Å². The van der Waals surface area contributed by atoms with Gasteiger partial charge < -0.3 is 277 Å². The van der Waals surface area contributed by atoms with Crippen molar-refractivity contribution in [3.05, 3.63) is 0 Å². The van der Waals surface area contributed by atoms with Crippen molar-refractivity contribution in [3.63, 3.8) is 0 Å². The van der Waals surface area contributed by atoms with Crippen LogP contribution in [0.15, 0.2) is 0 Å². The van der Waals surface area contributed by atoms with Gasteiger partial charge in [-0.05, 0) is 39.0 Å². The van der Waals surface area contributed by atoms with Crippen LogP contribution in [0.3, 0.4) is 0 Å². The number of hydrogen-bond acceptors (Lipinski definition) is 58. The average Bonchev–Trinajstić information content (AvgIpc) is 0.764. The van der Waals surface area contributed by atoms with E-state index in [4.69, 9.17) is 114 Å². The van der Waals surface area contributed by atoms with E-state index in [1.54, 1.807) is 27.7 Å². The number of nitrogens with zero attached hydrogens (tertiary/aromatic N) is 2. The summed E-state index contributed by atoms with van der Waals surface area (Å²) in [6.45, 7) is 5.65. The molecule has 0 radical (unpaired) electrons. The Kier molecular flexibility index (Phi) is 40.4. The number of aliphatic hydroxyl groups is 32. The van der Waals surface area contributed by atoms with Crippen LogP contribution >= 0.6 is 0 Å². The Labute approximate surface area is 811 Å². The molecule has 32 N–H and O–H groups in total. The van der Waals surface area contributed by atoms with Crippen molar-refractivity contribution >= 4 is 0 Å². The molecule has 0 aromatic heterocycles. The summed E-state index contributed by atoms with van der Waals surface area (Å²) in [6.07, 6.45) is -109. The largest absolute Gasteiger partial charge is 0.394 e. The molecule has 45 saturated heterocycles. The molecule has 58 nitrogen and oxygen atoms in total. The Morgan fingerprint density at radius 1 is 0.183 bits per heavy atom. The minimum atomic E-state index is -2.12. The van der Waals surface area contributed by atoms with Crippen molar-refractivity contribution in [1.82, 2.24) is 9.80 Å². The molecule has 60 atom stereocenters. The second-order valence-electron chi connectivity index (χ2n) is 38.8. The molecule has 60 unspecified atom stereocenters. The van der Waals surface area contributed by atoms with Crippen molar-refractivity contribution in [1.29, 1.82) is 0 Å². The van der Waals surface area contributed by atoms with Gasteiger partial charge in [-0.1, -0.05) is 27.7 Å². The molecule has 45 rings (SSSR count). The first-order valence-electron chi connectivity index (χ1n) is 47.9. The smallest absolute Gasteiger partial charge is 0.187 e. The summed E-state index contributed by atoms with van der Waals surface area (Å²) in [5.74, 6) is -0.182. The maximum absolute atomic E-state index is 11.9. The van der Waals surface area contributed by atoms with Gasteiger partial charge in [0.05, 0.1) is 71.2 Å². The molecule has 0 aromatic carbocycles. The molecule has 24 bridgehead atoms. The third kappa shape index (κ3) is 24.0. The molecule has 45 aliphatic rings. The second kappa shape index (κ2) is 49.8. The highest BCUT2D eigenvalue weighted by Crippen LogP contribution is 2.45. The minimum Gasteiger partial charge on any atom is -0.394 e. The van der Waals surface area contributed by atoms with Gasteiger partial charge in [-0.3, -0.25) is 9.80 Å². The fourth-order valence-corrected chi connectivity index (χ4v) is 20.4. The number of hydrogen-bond donors (Lipinski definition) is 32. The molecule has 0 saturated carbocycles. The van der Waals surface area contributed by atoms with Crippen LogP contribution in [-0.4, -0.2) is 633 Å². The SMILES string of the molecule is CCC1OC2OC3C(CO)OC(OC4C(CO)OC(OC5C(CO)OC(OC6C(CO)OC(OC7C(CC(C)C)OC(OC1C(O)C2O)C(O)C7O)C(O)C6O)C(O)C5O)C(O)C4O)C(O)C3O.CCC1OC2OC3C(CO)OC(OC4C(CO)OC(OC5C(CO)OC(OC6C(CO)OC(OC7C(CN8CCN(C(C)C)CC8)OC(OC1C(O)C2O)C(O)C7O)C(O)C6O)C(O)C5O)C(O)C4O)C(O)C3O. The van der Waals surface area contributed by atoms with Crippen LogP contribution in [0.4, 0.5) is 0 Å². The number of rotatable bonds is 15. The van der Waals surface area contributed by atoms with E-state index in [1.165, 1.54) is 0 Å². The molecule has 0 aliphatic carbocycles. The lowest BCUT2D eigenvalue weighted by Gasteiger charge is -2.51. The topological polar surface area (TPSA) is 875 Å². The molecule has 0 amide bonds. The predicted molar refractivity (Wildman–Crippen MR) is 446 cm³/mol. The van der Waals surface area contributed by atoms with Crippen molar-refractivity contribution in [2.45, 2.75) is 435 Å². The van der Waals surface area contributed by atoms with Gasteiger partial charge in [0.2, 0.25) is 0 Å². The zero-order valence-electron chi connectivity index (χ0n) is 78.1. The van der Waals surface area contributed by atoms with Gasteiger partial charge in [0.15, 0.2) is 75.5 Å². The van der Waals surface area contributed by atoms with Crippen molar-refractivity contribution < 1.29 is 277 Å². The lowest BCUT2D eigenvalue weighted by molar-refractivity contribution is -0.403. The summed E-state index contributed by atoms with van der Waals surface area (Å²) in [7, 11) is 0. The first-order chi connectivity index (χ1) is 67.5. The summed E-state index contributed by atoms with van der Waals surface area (Å²) < 4.78 is 141. The zero-order chi connectivity index (χ0) is 103. The molecule has 826 valence electrons. The summed E-state index contributed by atoms with van der Waals surface area (Å²) in [6, 6.07) is 0.241. The molecule has 142 heavy (non-hydrogen) atoms. The Bertz CT molecular complexity index is 3760. The van der Waals surface area contributed by atoms with E-state index in [2.05, 4.69) is 18.7 Å².